The second kappa shape index (κ2) is 6.50. The average Bonchev–Trinajstić information content (AvgIpc) is 3.38. The number of hydrogen-bond acceptors (Lipinski definition) is 5. The number of hydrogen-bond donors (Lipinski definition) is 2. The molecule has 2 N–H and O–H groups in total. The smallest absolute Gasteiger partial charge is 0.263 e. The minimum atomic E-state index is -4.08. The van der Waals surface area contributed by atoms with Crippen molar-refractivity contribution in [2.75, 3.05) is 11.3 Å². The van der Waals surface area contributed by atoms with E-state index in [0.29, 0.717) is 12.5 Å². The second-order valence-electron chi connectivity index (χ2n) is 5.56. The first-order valence-corrected chi connectivity index (χ1v) is 10.4. The summed E-state index contributed by atoms with van der Waals surface area (Å²) in [6.45, 7) is 0.324. The fraction of sp³-hybridized carbons (Fsp3) is 0.267. The Morgan fingerprint density at radius 2 is 1.54 bits per heavy atom. The lowest BCUT2D eigenvalue weighted by atomic mass is 10.4. The van der Waals surface area contributed by atoms with Crippen LogP contribution >= 0.6 is 0 Å². The standard InChI is InChI=1S/C15H17N3O4S2/c19-23(20,17-11-12-8-9-12)13-5-1-2-6-14(13)24(21,22)18-15-7-3-4-10-16-15/h1-7,10,12,17H,8-9,11H2,(H,16,18). The molecule has 9 heteroatoms. The highest BCUT2D eigenvalue weighted by molar-refractivity contribution is 7.94. The fourth-order valence-corrected chi connectivity index (χ4v) is 5.09. The lowest BCUT2D eigenvalue weighted by molar-refractivity contribution is 0.571. The Morgan fingerprint density at radius 1 is 0.917 bits per heavy atom. The average molecular weight is 367 g/mol. The normalized spacial score (nSPS) is 15.2. The molecule has 0 spiro atoms. The van der Waals surface area contributed by atoms with E-state index in [4.69, 9.17) is 0 Å². The van der Waals surface area contributed by atoms with E-state index in [0.717, 1.165) is 12.8 Å². The Bertz CT molecular complexity index is 924. The van der Waals surface area contributed by atoms with E-state index in [1.165, 1.54) is 36.5 Å². The van der Waals surface area contributed by atoms with Crippen LogP contribution in [0, 0.1) is 5.92 Å². The van der Waals surface area contributed by atoms with E-state index < -0.39 is 20.0 Å². The predicted octanol–water partition coefficient (Wildman–Crippen LogP) is 1.57. The summed E-state index contributed by atoms with van der Waals surface area (Å²) in [5, 5.41) is 0. The summed E-state index contributed by atoms with van der Waals surface area (Å²) in [7, 11) is -7.99. The summed E-state index contributed by atoms with van der Waals surface area (Å²) in [6, 6.07) is 10.3. The summed E-state index contributed by atoms with van der Waals surface area (Å²) in [5.74, 6) is 0.464. The van der Waals surface area contributed by atoms with E-state index in [1.54, 1.807) is 12.1 Å². The van der Waals surface area contributed by atoms with Crippen LogP contribution in [0.25, 0.3) is 0 Å². The van der Waals surface area contributed by atoms with Crippen LogP contribution < -0.4 is 9.44 Å². The molecule has 0 amide bonds. The molecule has 7 nitrogen and oxygen atoms in total. The van der Waals surface area contributed by atoms with Crippen molar-refractivity contribution < 1.29 is 16.8 Å². The third-order valence-corrected chi connectivity index (χ3v) is 6.61. The largest absolute Gasteiger partial charge is 0.264 e. The van der Waals surface area contributed by atoms with Gasteiger partial charge in [-0.05, 0) is 43.0 Å². The van der Waals surface area contributed by atoms with Crippen molar-refractivity contribution in [2.24, 2.45) is 5.92 Å². The molecule has 1 aromatic carbocycles. The van der Waals surface area contributed by atoms with E-state index in [2.05, 4.69) is 14.4 Å². The maximum atomic E-state index is 12.6. The van der Waals surface area contributed by atoms with Crippen LogP contribution in [-0.4, -0.2) is 28.4 Å². The fourth-order valence-electron chi connectivity index (χ4n) is 2.14. The lowest BCUT2D eigenvalue weighted by Crippen LogP contribution is -2.28. The monoisotopic (exact) mass is 367 g/mol. The molecule has 2 aromatic rings. The maximum Gasteiger partial charge on any atom is 0.264 e. The zero-order valence-electron chi connectivity index (χ0n) is 12.7. The Balaban J connectivity index is 1.93. The Morgan fingerprint density at radius 3 is 2.12 bits per heavy atom. The van der Waals surface area contributed by atoms with Gasteiger partial charge < -0.3 is 0 Å². The summed E-state index contributed by atoms with van der Waals surface area (Å²) in [5.41, 5.74) is 0. The number of anilines is 1. The molecule has 1 aliphatic rings. The Kier molecular flexibility index (Phi) is 4.57. The molecule has 1 aromatic heterocycles. The molecule has 24 heavy (non-hydrogen) atoms. The van der Waals surface area contributed by atoms with Crippen LogP contribution in [0.1, 0.15) is 12.8 Å². The molecular formula is C15H17N3O4S2. The van der Waals surface area contributed by atoms with Crippen LogP contribution in [0.5, 0.6) is 0 Å². The SMILES string of the molecule is O=S(=O)(NCC1CC1)c1ccccc1S(=O)(=O)Nc1ccccn1. The third kappa shape index (κ3) is 3.92. The predicted molar refractivity (Wildman–Crippen MR) is 89.4 cm³/mol. The highest BCUT2D eigenvalue weighted by Gasteiger charge is 2.29. The van der Waals surface area contributed by atoms with E-state index >= 15 is 0 Å². The zero-order valence-corrected chi connectivity index (χ0v) is 14.3. The zero-order chi connectivity index (χ0) is 17.2. The minimum absolute atomic E-state index is 0.121. The number of rotatable bonds is 7. The van der Waals surface area contributed by atoms with Crippen molar-refractivity contribution in [3.8, 4) is 0 Å². The highest BCUT2D eigenvalue weighted by atomic mass is 32.2. The molecule has 1 heterocycles. The van der Waals surface area contributed by atoms with E-state index in [1.807, 2.05) is 0 Å². The van der Waals surface area contributed by atoms with E-state index in [9.17, 15) is 16.8 Å². The van der Waals surface area contributed by atoms with Gasteiger partial charge in [0.25, 0.3) is 10.0 Å². The van der Waals surface area contributed by atoms with Gasteiger partial charge in [0.2, 0.25) is 10.0 Å². The second-order valence-corrected chi connectivity index (χ2v) is 8.95. The molecule has 0 aliphatic heterocycles. The minimum Gasteiger partial charge on any atom is -0.263 e. The van der Waals surface area contributed by atoms with Crippen molar-refractivity contribution in [2.45, 2.75) is 22.6 Å². The first kappa shape index (κ1) is 16.9. The molecule has 0 atom stereocenters. The van der Waals surface area contributed by atoms with Gasteiger partial charge in [0, 0.05) is 12.7 Å². The van der Waals surface area contributed by atoms with Gasteiger partial charge in [-0.1, -0.05) is 18.2 Å². The first-order valence-electron chi connectivity index (χ1n) is 7.41. The Labute approximate surface area is 141 Å². The van der Waals surface area contributed by atoms with Gasteiger partial charge in [-0.3, -0.25) is 4.72 Å². The molecule has 0 saturated heterocycles. The summed E-state index contributed by atoms with van der Waals surface area (Å²) >= 11 is 0. The van der Waals surface area contributed by atoms with Gasteiger partial charge in [-0.25, -0.2) is 26.5 Å². The van der Waals surface area contributed by atoms with Crippen LogP contribution in [-0.2, 0) is 20.0 Å². The lowest BCUT2D eigenvalue weighted by Gasteiger charge is -2.12. The molecule has 0 radical (unpaired) electrons. The van der Waals surface area contributed by atoms with Crippen LogP contribution in [0.15, 0.2) is 58.5 Å². The van der Waals surface area contributed by atoms with Crippen LogP contribution in [0.3, 0.4) is 0 Å². The van der Waals surface area contributed by atoms with Crippen molar-refractivity contribution in [1.29, 1.82) is 0 Å². The molecule has 1 saturated carbocycles. The first-order chi connectivity index (χ1) is 11.4. The van der Waals surface area contributed by atoms with Gasteiger partial charge >= 0.3 is 0 Å². The van der Waals surface area contributed by atoms with Gasteiger partial charge in [0.1, 0.15) is 15.6 Å². The quantitative estimate of drug-likeness (QED) is 0.773. The highest BCUT2D eigenvalue weighted by Crippen LogP contribution is 2.29. The van der Waals surface area contributed by atoms with Crippen molar-refractivity contribution in [3.05, 3.63) is 48.7 Å². The Hall–Kier alpha value is -1.97. The maximum absolute atomic E-state index is 12.6. The topological polar surface area (TPSA) is 105 Å². The number of aromatic nitrogens is 1. The van der Waals surface area contributed by atoms with Crippen LogP contribution in [0.2, 0.25) is 0 Å². The van der Waals surface area contributed by atoms with Gasteiger partial charge in [-0.15, -0.1) is 0 Å². The molecule has 0 unspecified atom stereocenters. The van der Waals surface area contributed by atoms with Crippen LogP contribution in [0.4, 0.5) is 5.82 Å². The molecule has 0 bridgehead atoms. The van der Waals surface area contributed by atoms with Gasteiger partial charge in [0.05, 0.1) is 0 Å². The van der Waals surface area contributed by atoms with Crippen molar-refractivity contribution in [3.63, 3.8) is 0 Å². The number of sulfonamides is 2. The molecule has 128 valence electrons. The number of pyridine rings is 1. The number of nitrogens with zero attached hydrogens (tertiary/aromatic N) is 1. The molecule has 3 rings (SSSR count). The number of nitrogens with one attached hydrogen (secondary N) is 2. The van der Waals surface area contributed by atoms with E-state index in [-0.39, 0.29) is 15.6 Å². The summed E-state index contributed by atoms with van der Waals surface area (Å²) in [6.07, 6.45) is 3.42. The summed E-state index contributed by atoms with van der Waals surface area (Å²) < 4.78 is 54.9. The molecule has 1 aliphatic carbocycles. The van der Waals surface area contributed by atoms with Crippen molar-refractivity contribution in [1.82, 2.24) is 9.71 Å². The summed E-state index contributed by atoms with van der Waals surface area (Å²) in [4.78, 5) is 3.32. The molecule has 1 fully saturated rings. The van der Waals surface area contributed by atoms with Crippen molar-refractivity contribution >= 4 is 25.9 Å². The molecular weight excluding hydrogens is 350 g/mol. The van der Waals surface area contributed by atoms with Gasteiger partial charge in [-0.2, -0.15) is 0 Å². The van der Waals surface area contributed by atoms with Gasteiger partial charge in [0.15, 0.2) is 0 Å². The third-order valence-electron chi connectivity index (χ3n) is 3.59. The number of benzene rings is 1.